The number of nitrogens with one attached hydrogen (secondary N) is 2. The zero-order valence-electron chi connectivity index (χ0n) is 16.1. The monoisotopic (exact) mass is 393 g/mol. The number of amides is 1. The van der Waals surface area contributed by atoms with Crippen LogP contribution in [-0.2, 0) is 10.0 Å². The SMILES string of the molecule is CN(C1CCCCC1)S(=O)(=O)c1ccc(C(=O)NCC2CCCNC2)cc1. The third-order valence-corrected chi connectivity index (χ3v) is 7.76. The summed E-state index contributed by atoms with van der Waals surface area (Å²) in [5.41, 5.74) is 0.498. The van der Waals surface area contributed by atoms with Crippen LogP contribution in [0.2, 0.25) is 0 Å². The molecular weight excluding hydrogens is 362 g/mol. The van der Waals surface area contributed by atoms with Crippen molar-refractivity contribution in [1.82, 2.24) is 14.9 Å². The molecule has 2 aliphatic rings. The van der Waals surface area contributed by atoms with Crippen LogP contribution in [0.25, 0.3) is 0 Å². The average molecular weight is 394 g/mol. The van der Waals surface area contributed by atoms with E-state index in [9.17, 15) is 13.2 Å². The molecule has 27 heavy (non-hydrogen) atoms. The molecule has 150 valence electrons. The number of rotatable bonds is 6. The molecule has 1 saturated carbocycles. The lowest BCUT2D eigenvalue weighted by atomic mass is 9.96. The molecule has 2 fully saturated rings. The molecule has 0 radical (unpaired) electrons. The first-order chi connectivity index (χ1) is 13.0. The summed E-state index contributed by atoms with van der Waals surface area (Å²) in [6.45, 7) is 2.64. The molecule has 1 saturated heterocycles. The number of benzene rings is 1. The molecule has 1 aromatic carbocycles. The minimum absolute atomic E-state index is 0.0795. The second kappa shape index (κ2) is 9.17. The summed E-state index contributed by atoms with van der Waals surface area (Å²) >= 11 is 0. The number of piperidine rings is 1. The molecule has 2 N–H and O–H groups in total. The topological polar surface area (TPSA) is 78.5 Å². The fourth-order valence-corrected chi connectivity index (χ4v) is 5.44. The molecule has 1 amide bonds. The van der Waals surface area contributed by atoms with E-state index in [4.69, 9.17) is 0 Å². The van der Waals surface area contributed by atoms with Gasteiger partial charge in [-0.25, -0.2) is 8.42 Å². The van der Waals surface area contributed by atoms with E-state index in [1.54, 1.807) is 31.3 Å². The predicted octanol–water partition coefficient (Wildman–Crippen LogP) is 2.37. The van der Waals surface area contributed by atoms with E-state index < -0.39 is 10.0 Å². The summed E-state index contributed by atoms with van der Waals surface area (Å²) in [5, 5.41) is 6.30. The van der Waals surface area contributed by atoms with Crippen molar-refractivity contribution in [3.05, 3.63) is 29.8 Å². The highest BCUT2D eigenvalue weighted by Crippen LogP contribution is 2.26. The molecule has 0 spiro atoms. The Kier molecular flexibility index (Phi) is 6.89. The molecule has 1 aromatic rings. The van der Waals surface area contributed by atoms with Gasteiger partial charge in [0, 0.05) is 25.2 Å². The van der Waals surface area contributed by atoms with E-state index in [2.05, 4.69) is 10.6 Å². The van der Waals surface area contributed by atoms with E-state index in [0.717, 1.165) is 51.6 Å². The molecular formula is C20H31N3O3S. The largest absolute Gasteiger partial charge is 0.352 e. The predicted molar refractivity (Wildman–Crippen MR) is 106 cm³/mol. The van der Waals surface area contributed by atoms with Crippen molar-refractivity contribution >= 4 is 15.9 Å². The van der Waals surface area contributed by atoms with Crippen LogP contribution in [0.1, 0.15) is 55.3 Å². The minimum atomic E-state index is -3.52. The summed E-state index contributed by atoms with van der Waals surface area (Å²) in [7, 11) is -1.85. The van der Waals surface area contributed by atoms with Gasteiger partial charge in [-0.15, -0.1) is 0 Å². The van der Waals surface area contributed by atoms with Crippen molar-refractivity contribution in [2.75, 3.05) is 26.7 Å². The Morgan fingerprint density at radius 2 is 1.81 bits per heavy atom. The van der Waals surface area contributed by atoms with E-state index >= 15 is 0 Å². The van der Waals surface area contributed by atoms with Gasteiger partial charge in [-0.3, -0.25) is 4.79 Å². The normalized spacial score (nSPS) is 21.9. The lowest BCUT2D eigenvalue weighted by molar-refractivity contribution is 0.0944. The third kappa shape index (κ3) is 5.09. The van der Waals surface area contributed by atoms with Crippen LogP contribution >= 0.6 is 0 Å². The summed E-state index contributed by atoms with van der Waals surface area (Å²) in [5.74, 6) is 0.316. The van der Waals surface area contributed by atoms with Crippen LogP contribution in [0, 0.1) is 5.92 Å². The zero-order chi connectivity index (χ0) is 19.3. The van der Waals surface area contributed by atoms with Gasteiger partial charge in [0.25, 0.3) is 5.91 Å². The summed E-state index contributed by atoms with van der Waals surface area (Å²) in [6, 6.07) is 6.39. The number of carbonyl (C=O) groups excluding carboxylic acids is 1. The van der Waals surface area contributed by atoms with Crippen molar-refractivity contribution in [2.45, 2.75) is 55.9 Å². The highest BCUT2D eigenvalue weighted by Gasteiger charge is 2.29. The van der Waals surface area contributed by atoms with Gasteiger partial charge in [0.05, 0.1) is 4.90 Å². The molecule has 0 bridgehead atoms. The Hall–Kier alpha value is -1.44. The number of hydrogen-bond acceptors (Lipinski definition) is 4. The lowest BCUT2D eigenvalue weighted by Crippen LogP contribution is -2.38. The van der Waals surface area contributed by atoms with E-state index in [1.807, 2.05) is 0 Å². The van der Waals surface area contributed by atoms with Crippen molar-refractivity contribution in [1.29, 1.82) is 0 Å². The standard InChI is InChI=1S/C20H31N3O3S/c1-23(18-7-3-2-4-8-18)27(25,26)19-11-9-17(10-12-19)20(24)22-15-16-6-5-13-21-14-16/h9-12,16,18,21H,2-8,13-15H2,1H3,(H,22,24). The van der Waals surface area contributed by atoms with E-state index in [1.165, 1.54) is 10.7 Å². The van der Waals surface area contributed by atoms with Gasteiger partial charge in [0.1, 0.15) is 0 Å². The smallest absolute Gasteiger partial charge is 0.251 e. The number of nitrogens with zero attached hydrogens (tertiary/aromatic N) is 1. The quantitative estimate of drug-likeness (QED) is 0.778. The van der Waals surface area contributed by atoms with E-state index in [-0.39, 0.29) is 16.8 Å². The Morgan fingerprint density at radius 3 is 2.44 bits per heavy atom. The van der Waals surface area contributed by atoms with Crippen LogP contribution in [0.15, 0.2) is 29.2 Å². The van der Waals surface area contributed by atoms with Gasteiger partial charge < -0.3 is 10.6 Å². The van der Waals surface area contributed by atoms with E-state index in [0.29, 0.717) is 18.0 Å². The number of hydrogen-bond donors (Lipinski definition) is 2. The van der Waals surface area contributed by atoms with Crippen LogP contribution in [-0.4, -0.2) is 51.4 Å². The van der Waals surface area contributed by atoms with Gasteiger partial charge in [-0.2, -0.15) is 4.31 Å². The second-order valence-corrected chi connectivity index (χ2v) is 9.76. The Morgan fingerprint density at radius 1 is 1.11 bits per heavy atom. The fraction of sp³-hybridized carbons (Fsp3) is 0.650. The highest BCUT2D eigenvalue weighted by atomic mass is 32.2. The molecule has 6 nitrogen and oxygen atoms in total. The van der Waals surface area contributed by atoms with Crippen LogP contribution in [0.4, 0.5) is 0 Å². The molecule has 7 heteroatoms. The minimum Gasteiger partial charge on any atom is -0.352 e. The van der Waals surface area contributed by atoms with Crippen molar-refractivity contribution < 1.29 is 13.2 Å². The van der Waals surface area contributed by atoms with Crippen molar-refractivity contribution in [3.63, 3.8) is 0 Å². The second-order valence-electron chi connectivity index (χ2n) is 7.76. The maximum Gasteiger partial charge on any atom is 0.251 e. The summed E-state index contributed by atoms with van der Waals surface area (Å²) in [4.78, 5) is 12.6. The molecule has 1 atom stereocenters. The first-order valence-corrected chi connectivity index (χ1v) is 11.5. The van der Waals surface area contributed by atoms with Gasteiger partial charge in [-0.1, -0.05) is 19.3 Å². The fourth-order valence-electron chi connectivity index (χ4n) is 4.02. The molecule has 3 rings (SSSR count). The third-order valence-electron chi connectivity index (χ3n) is 5.83. The highest BCUT2D eigenvalue weighted by molar-refractivity contribution is 7.89. The van der Waals surface area contributed by atoms with Crippen LogP contribution < -0.4 is 10.6 Å². The van der Waals surface area contributed by atoms with Crippen LogP contribution in [0.5, 0.6) is 0 Å². The summed E-state index contributed by atoms with van der Waals surface area (Å²) < 4.78 is 27.2. The molecule has 1 aliphatic carbocycles. The Labute approximate surface area is 162 Å². The first kappa shape index (κ1) is 20.3. The first-order valence-electron chi connectivity index (χ1n) is 10.1. The maximum absolute atomic E-state index is 12.9. The van der Waals surface area contributed by atoms with Gasteiger partial charge in [0.2, 0.25) is 10.0 Å². The van der Waals surface area contributed by atoms with Gasteiger partial charge in [-0.05, 0) is 69.0 Å². The average Bonchev–Trinajstić information content (AvgIpc) is 2.73. The zero-order valence-corrected chi connectivity index (χ0v) is 16.9. The lowest BCUT2D eigenvalue weighted by Gasteiger charge is -2.30. The Bertz CT molecular complexity index is 721. The van der Waals surface area contributed by atoms with Gasteiger partial charge >= 0.3 is 0 Å². The van der Waals surface area contributed by atoms with Crippen molar-refractivity contribution in [2.24, 2.45) is 5.92 Å². The Balaban J connectivity index is 1.60. The number of carbonyl (C=O) groups is 1. The number of sulfonamides is 1. The maximum atomic E-state index is 12.9. The molecule has 0 aromatic heterocycles. The molecule has 1 unspecified atom stereocenters. The molecule has 1 heterocycles. The summed E-state index contributed by atoms with van der Waals surface area (Å²) in [6.07, 6.45) is 7.46. The van der Waals surface area contributed by atoms with Crippen LogP contribution in [0.3, 0.4) is 0 Å². The van der Waals surface area contributed by atoms with Gasteiger partial charge in [0.15, 0.2) is 0 Å². The van der Waals surface area contributed by atoms with Crippen molar-refractivity contribution in [3.8, 4) is 0 Å². The molecule has 1 aliphatic heterocycles.